The van der Waals surface area contributed by atoms with Crippen LogP contribution in [0.1, 0.15) is 24.5 Å². The summed E-state index contributed by atoms with van der Waals surface area (Å²) < 4.78 is 11.4. The van der Waals surface area contributed by atoms with Crippen LogP contribution in [0.15, 0.2) is 24.3 Å². The molecule has 1 aromatic carbocycles. The number of hydrogen-bond donors (Lipinski definition) is 1. The van der Waals surface area contributed by atoms with Crippen molar-refractivity contribution >= 4 is 0 Å². The molecule has 2 atom stereocenters. The van der Waals surface area contributed by atoms with Crippen molar-refractivity contribution in [3.05, 3.63) is 35.4 Å². The van der Waals surface area contributed by atoms with Gasteiger partial charge >= 0.3 is 0 Å². The lowest BCUT2D eigenvalue weighted by Crippen LogP contribution is -2.48. The Morgan fingerprint density at radius 3 is 2.84 bits per heavy atom. The van der Waals surface area contributed by atoms with E-state index in [1.54, 1.807) is 0 Å². The standard InChI is InChI=1S/C16H25NO2/c1-3-8-17-15(16-12-18-9-10-19-16)11-14-7-5-4-6-13(14)2/h4-7,15-17H,3,8-12H2,1-2H3. The predicted molar refractivity (Wildman–Crippen MR) is 77.5 cm³/mol. The molecule has 0 spiro atoms. The van der Waals surface area contributed by atoms with Crippen LogP contribution in [0.3, 0.4) is 0 Å². The fourth-order valence-corrected chi connectivity index (χ4v) is 2.48. The Balaban J connectivity index is 2.02. The van der Waals surface area contributed by atoms with Gasteiger partial charge in [0.25, 0.3) is 0 Å². The Hall–Kier alpha value is -0.900. The number of benzene rings is 1. The Bertz CT molecular complexity index is 375. The number of hydrogen-bond acceptors (Lipinski definition) is 3. The van der Waals surface area contributed by atoms with Crippen LogP contribution in [0.25, 0.3) is 0 Å². The summed E-state index contributed by atoms with van der Waals surface area (Å²) in [5.74, 6) is 0. The lowest BCUT2D eigenvalue weighted by molar-refractivity contribution is -0.101. The van der Waals surface area contributed by atoms with E-state index in [0.29, 0.717) is 19.3 Å². The van der Waals surface area contributed by atoms with Crippen LogP contribution in [0.2, 0.25) is 0 Å². The molecule has 1 saturated heterocycles. The van der Waals surface area contributed by atoms with Crippen LogP contribution in [0.5, 0.6) is 0 Å². The van der Waals surface area contributed by atoms with Crippen molar-refractivity contribution < 1.29 is 9.47 Å². The highest BCUT2D eigenvalue weighted by Crippen LogP contribution is 2.15. The average Bonchev–Trinajstić information content (AvgIpc) is 2.46. The van der Waals surface area contributed by atoms with Crippen molar-refractivity contribution in [1.29, 1.82) is 0 Å². The normalized spacial score (nSPS) is 21.3. The highest BCUT2D eigenvalue weighted by Gasteiger charge is 2.25. The SMILES string of the molecule is CCCNC(Cc1ccccc1C)C1COCCO1. The smallest absolute Gasteiger partial charge is 0.0965 e. The molecular weight excluding hydrogens is 238 g/mol. The van der Waals surface area contributed by atoms with Crippen molar-refractivity contribution in [1.82, 2.24) is 5.32 Å². The fourth-order valence-electron chi connectivity index (χ4n) is 2.48. The molecule has 1 aromatic rings. The third-order valence-corrected chi connectivity index (χ3v) is 3.65. The van der Waals surface area contributed by atoms with E-state index in [4.69, 9.17) is 9.47 Å². The lowest BCUT2D eigenvalue weighted by Gasteiger charge is -2.31. The van der Waals surface area contributed by atoms with Gasteiger partial charge in [-0.25, -0.2) is 0 Å². The largest absolute Gasteiger partial charge is 0.376 e. The Morgan fingerprint density at radius 2 is 2.16 bits per heavy atom. The molecule has 1 N–H and O–H groups in total. The van der Waals surface area contributed by atoms with Gasteiger partial charge in [-0.2, -0.15) is 0 Å². The molecule has 0 aromatic heterocycles. The summed E-state index contributed by atoms with van der Waals surface area (Å²) in [6.07, 6.45) is 2.30. The van der Waals surface area contributed by atoms with Crippen molar-refractivity contribution in [2.75, 3.05) is 26.4 Å². The van der Waals surface area contributed by atoms with Crippen molar-refractivity contribution in [3.8, 4) is 0 Å². The summed E-state index contributed by atoms with van der Waals surface area (Å²) in [7, 11) is 0. The van der Waals surface area contributed by atoms with Gasteiger partial charge in [0.2, 0.25) is 0 Å². The van der Waals surface area contributed by atoms with Gasteiger partial charge in [-0.15, -0.1) is 0 Å². The minimum absolute atomic E-state index is 0.167. The van der Waals surface area contributed by atoms with Crippen LogP contribution < -0.4 is 5.32 Å². The first-order chi connectivity index (χ1) is 9.31. The van der Waals surface area contributed by atoms with Gasteiger partial charge in [0.1, 0.15) is 0 Å². The van der Waals surface area contributed by atoms with Crippen LogP contribution in [-0.4, -0.2) is 38.5 Å². The molecule has 1 heterocycles. The van der Waals surface area contributed by atoms with Gasteiger partial charge in [-0.1, -0.05) is 31.2 Å². The first-order valence-electron chi connectivity index (χ1n) is 7.28. The number of rotatable bonds is 6. The minimum atomic E-state index is 0.167. The maximum Gasteiger partial charge on any atom is 0.0965 e. The number of nitrogens with one attached hydrogen (secondary N) is 1. The molecular formula is C16H25NO2. The second-order valence-electron chi connectivity index (χ2n) is 5.18. The molecule has 3 heteroatoms. The highest BCUT2D eigenvalue weighted by atomic mass is 16.6. The number of ether oxygens (including phenoxy) is 2. The highest BCUT2D eigenvalue weighted by molar-refractivity contribution is 5.26. The molecule has 1 fully saturated rings. The predicted octanol–water partition coefficient (Wildman–Crippen LogP) is 2.32. The van der Waals surface area contributed by atoms with E-state index in [-0.39, 0.29) is 6.10 Å². The summed E-state index contributed by atoms with van der Waals surface area (Å²) in [5.41, 5.74) is 2.74. The molecule has 0 amide bonds. The summed E-state index contributed by atoms with van der Waals surface area (Å²) in [6, 6.07) is 8.91. The van der Waals surface area contributed by atoms with Gasteiger partial charge in [0.15, 0.2) is 0 Å². The van der Waals surface area contributed by atoms with Gasteiger partial charge < -0.3 is 14.8 Å². The fraction of sp³-hybridized carbons (Fsp3) is 0.625. The van der Waals surface area contributed by atoms with E-state index in [2.05, 4.69) is 43.4 Å². The third kappa shape index (κ3) is 4.30. The van der Waals surface area contributed by atoms with E-state index >= 15 is 0 Å². The molecule has 0 saturated carbocycles. The maximum absolute atomic E-state index is 5.86. The van der Waals surface area contributed by atoms with E-state index < -0.39 is 0 Å². The Labute approximate surface area is 116 Å². The van der Waals surface area contributed by atoms with Crippen LogP contribution in [0, 0.1) is 6.92 Å². The molecule has 2 rings (SSSR count). The van der Waals surface area contributed by atoms with Crippen LogP contribution in [0.4, 0.5) is 0 Å². The monoisotopic (exact) mass is 263 g/mol. The zero-order valence-corrected chi connectivity index (χ0v) is 12.0. The Morgan fingerprint density at radius 1 is 1.32 bits per heavy atom. The number of aryl methyl sites for hydroxylation is 1. The summed E-state index contributed by atoms with van der Waals surface area (Å²) in [4.78, 5) is 0. The van der Waals surface area contributed by atoms with Crippen molar-refractivity contribution in [2.45, 2.75) is 38.8 Å². The second-order valence-corrected chi connectivity index (χ2v) is 5.18. The summed E-state index contributed by atoms with van der Waals surface area (Å²) >= 11 is 0. The van der Waals surface area contributed by atoms with Crippen molar-refractivity contribution in [3.63, 3.8) is 0 Å². The summed E-state index contributed by atoms with van der Waals surface area (Å²) in [5, 5.41) is 3.61. The third-order valence-electron chi connectivity index (χ3n) is 3.65. The lowest BCUT2D eigenvalue weighted by atomic mass is 9.97. The Kier molecular flexibility index (Phi) is 5.83. The van der Waals surface area contributed by atoms with Gasteiger partial charge in [0, 0.05) is 6.04 Å². The minimum Gasteiger partial charge on any atom is -0.376 e. The molecule has 0 radical (unpaired) electrons. The van der Waals surface area contributed by atoms with Gasteiger partial charge in [0.05, 0.1) is 25.9 Å². The average molecular weight is 263 g/mol. The van der Waals surface area contributed by atoms with E-state index in [1.165, 1.54) is 11.1 Å². The van der Waals surface area contributed by atoms with Crippen LogP contribution >= 0.6 is 0 Å². The van der Waals surface area contributed by atoms with E-state index in [1.807, 2.05) is 0 Å². The topological polar surface area (TPSA) is 30.5 Å². The first-order valence-corrected chi connectivity index (χ1v) is 7.28. The molecule has 19 heavy (non-hydrogen) atoms. The van der Waals surface area contributed by atoms with Gasteiger partial charge in [-0.05, 0) is 37.4 Å². The van der Waals surface area contributed by atoms with E-state index in [9.17, 15) is 0 Å². The van der Waals surface area contributed by atoms with Crippen molar-refractivity contribution in [2.24, 2.45) is 0 Å². The molecule has 1 aliphatic heterocycles. The molecule has 2 unspecified atom stereocenters. The van der Waals surface area contributed by atoms with E-state index in [0.717, 1.165) is 26.0 Å². The molecule has 1 aliphatic rings. The quantitative estimate of drug-likeness (QED) is 0.854. The molecule has 0 aliphatic carbocycles. The zero-order valence-electron chi connectivity index (χ0n) is 12.0. The summed E-state index contributed by atoms with van der Waals surface area (Å²) in [6.45, 7) is 7.52. The van der Waals surface area contributed by atoms with Crippen LogP contribution in [-0.2, 0) is 15.9 Å². The maximum atomic E-state index is 5.86. The second kappa shape index (κ2) is 7.63. The first kappa shape index (κ1) is 14.5. The molecule has 0 bridgehead atoms. The zero-order chi connectivity index (χ0) is 13.5. The molecule has 3 nitrogen and oxygen atoms in total. The molecule has 106 valence electrons. The van der Waals surface area contributed by atoms with Gasteiger partial charge in [-0.3, -0.25) is 0 Å².